The summed E-state index contributed by atoms with van der Waals surface area (Å²) in [7, 11) is -1.68. The molecule has 0 N–H and O–H groups in total. The van der Waals surface area contributed by atoms with Gasteiger partial charge in [-0.05, 0) is 52.2 Å². The van der Waals surface area contributed by atoms with Crippen LogP contribution in [0.1, 0.15) is 53.9 Å². The number of ether oxygens (including phenoxy) is 1. The Hall–Kier alpha value is -1.01. The minimum atomic E-state index is -1.68. The first-order valence-corrected chi connectivity index (χ1v) is 11.9. The van der Waals surface area contributed by atoms with E-state index in [2.05, 4.69) is 36.9 Å². The van der Waals surface area contributed by atoms with Crippen LogP contribution in [0.4, 0.5) is 0 Å². The zero-order valence-corrected chi connectivity index (χ0v) is 17.2. The van der Waals surface area contributed by atoms with Crippen molar-refractivity contribution in [3.05, 3.63) is 0 Å². The van der Waals surface area contributed by atoms with E-state index in [0.29, 0.717) is 18.6 Å². The van der Waals surface area contributed by atoms with Crippen molar-refractivity contribution in [1.29, 1.82) is 0 Å². The molecule has 0 bridgehead atoms. The summed E-state index contributed by atoms with van der Waals surface area (Å²) in [6.07, 6.45) is 4.07. The van der Waals surface area contributed by atoms with Crippen LogP contribution >= 0.6 is 0 Å². The van der Waals surface area contributed by atoms with Crippen molar-refractivity contribution in [3.8, 4) is 0 Å². The smallest absolute Gasteiger partial charge is 0.307 e. The number of esters is 1. The quantitative estimate of drug-likeness (QED) is 0.536. The molecule has 0 aromatic carbocycles. The maximum Gasteiger partial charge on any atom is 0.307 e. The van der Waals surface area contributed by atoms with E-state index in [4.69, 9.17) is 9.16 Å². The molecule has 1 fully saturated rings. The van der Waals surface area contributed by atoms with E-state index in [1.54, 1.807) is 0 Å². The monoisotopic (exact) mass is 352 g/mol. The SMILES string of the molecule is CC(C)[Si](C)(C)OC1CC(CC(=O)OC(C)(C)C)(C2=NCN=C2)C1. The summed E-state index contributed by atoms with van der Waals surface area (Å²) in [6.45, 7) is 15.2. The Kier molecular flexibility index (Phi) is 5.40. The van der Waals surface area contributed by atoms with Gasteiger partial charge in [-0.1, -0.05) is 13.8 Å². The Morgan fingerprint density at radius 3 is 2.46 bits per heavy atom. The molecular formula is C18H32N2O3Si. The fourth-order valence-corrected chi connectivity index (χ4v) is 4.45. The van der Waals surface area contributed by atoms with Crippen LogP contribution in [0.2, 0.25) is 18.6 Å². The van der Waals surface area contributed by atoms with Crippen LogP contribution in [0.15, 0.2) is 9.98 Å². The summed E-state index contributed by atoms with van der Waals surface area (Å²) in [5, 5.41) is 0. The molecule has 1 aliphatic carbocycles. The number of rotatable bonds is 6. The lowest BCUT2D eigenvalue weighted by Gasteiger charge is -2.49. The van der Waals surface area contributed by atoms with E-state index in [1.165, 1.54) is 0 Å². The van der Waals surface area contributed by atoms with E-state index in [-0.39, 0.29) is 17.5 Å². The number of hydrogen-bond donors (Lipinski definition) is 0. The van der Waals surface area contributed by atoms with Crippen molar-refractivity contribution in [2.45, 2.75) is 84.2 Å². The minimum Gasteiger partial charge on any atom is -0.460 e. The highest BCUT2D eigenvalue weighted by molar-refractivity contribution is 6.72. The lowest BCUT2D eigenvalue weighted by Crippen LogP contribution is -2.53. The van der Waals surface area contributed by atoms with Crippen molar-refractivity contribution in [2.75, 3.05) is 6.67 Å². The fourth-order valence-electron chi connectivity index (χ4n) is 3.15. The molecule has 0 spiro atoms. The van der Waals surface area contributed by atoms with Gasteiger partial charge >= 0.3 is 5.97 Å². The van der Waals surface area contributed by atoms with E-state index in [1.807, 2.05) is 27.0 Å². The molecule has 5 nitrogen and oxygen atoms in total. The Labute approximate surface area is 147 Å². The predicted molar refractivity (Wildman–Crippen MR) is 100 cm³/mol. The molecule has 24 heavy (non-hydrogen) atoms. The van der Waals surface area contributed by atoms with Gasteiger partial charge in [0.05, 0.1) is 12.1 Å². The third kappa shape index (κ3) is 4.54. The number of carbonyl (C=O) groups excluding carboxylic acids is 1. The Bertz CT molecular complexity index is 541. The second-order valence-corrected chi connectivity index (χ2v) is 13.5. The van der Waals surface area contributed by atoms with E-state index in [0.717, 1.165) is 18.6 Å². The molecule has 1 saturated carbocycles. The second kappa shape index (κ2) is 6.71. The Morgan fingerprint density at radius 2 is 2.00 bits per heavy atom. The second-order valence-electron chi connectivity index (χ2n) is 8.95. The van der Waals surface area contributed by atoms with E-state index >= 15 is 0 Å². The van der Waals surface area contributed by atoms with Crippen LogP contribution in [-0.4, -0.2) is 44.6 Å². The minimum absolute atomic E-state index is 0.163. The Balaban J connectivity index is 2.04. The first-order chi connectivity index (χ1) is 10.9. The van der Waals surface area contributed by atoms with Gasteiger partial charge in [0.1, 0.15) is 12.3 Å². The van der Waals surface area contributed by atoms with Crippen LogP contribution in [0.3, 0.4) is 0 Å². The number of aliphatic imine (C=N–C) groups is 2. The molecular weight excluding hydrogens is 320 g/mol. The zero-order valence-electron chi connectivity index (χ0n) is 16.2. The maximum absolute atomic E-state index is 12.4. The molecule has 2 aliphatic rings. The molecule has 1 aliphatic heterocycles. The van der Waals surface area contributed by atoms with Crippen LogP contribution < -0.4 is 0 Å². The van der Waals surface area contributed by atoms with Gasteiger partial charge in [-0.15, -0.1) is 0 Å². The van der Waals surface area contributed by atoms with Gasteiger partial charge in [-0.3, -0.25) is 14.8 Å². The zero-order chi connectivity index (χ0) is 18.2. The first-order valence-electron chi connectivity index (χ1n) is 8.88. The number of nitrogens with zero attached hydrogens (tertiary/aromatic N) is 2. The molecule has 1 heterocycles. The molecule has 0 radical (unpaired) electrons. The van der Waals surface area contributed by atoms with E-state index < -0.39 is 13.9 Å². The molecule has 6 heteroatoms. The van der Waals surface area contributed by atoms with Gasteiger partial charge in [0.15, 0.2) is 8.32 Å². The van der Waals surface area contributed by atoms with Gasteiger partial charge in [-0.25, -0.2) is 0 Å². The highest BCUT2D eigenvalue weighted by Crippen LogP contribution is 2.49. The van der Waals surface area contributed by atoms with Crippen LogP contribution in [-0.2, 0) is 14.0 Å². The average Bonchev–Trinajstić information content (AvgIpc) is 2.86. The highest BCUT2D eigenvalue weighted by atomic mass is 28.4. The van der Waals surface area contributed by atoms with Crippen molar-refractivity contribution in [2.24, 2.45) is 15.4 Å². The van der Waals surface area contributed by atoms with Gasteiger partial charge in [0.25, 0.3) is 0 Å². The third-order valence-corrected chi connectivity index (χ3v) is 8.80. The summed E-state index contributed by atoms with van der Waals surface area (Å²) < 4.78 is 12.0. The molecule has 0 saturated heterocycles. The summed E-state index contributed by atoms with van der Waals surface area (Å²) in [5.74, 6) is -0.163. The van der Waals surface area contributed by atoms with Crippen LogP contribution in [0.5, 0.6) is 0 Å². The van der Waals surface area contributed by atoms with Crippen LogP contribution in [0, 0.1) is 5.41 Å². The largest absolute Gasteiger partial charge is 0.460 e. The average molecular weight is 353 g/mol. The topological polar surface area (TPSA) is 60.2 Å². The summed E-state index contributed by atoms with van der Waals surface area (Å²) in [6, 6.07) is 0. The standard InChI is InChI=1S/C18H32N2O3Si/c1-13(2)24(6,7)23-14-8-18(9-14,15-11-19-12-20-15)10-16(21)22-17(3,4)5/h11,13-14H,8-10,12H2,1-7H3. The number of hydrogen-bond acceptors (Lipinski definition) is 5. The van der Waals surface area contributed by atoms with Gasteiger partial charge in [-0.2, -0.15) is 0 Å². The fraction of sp³-hybridized carbons (Fsp3) is 0.833. The molecule has 136 valence electrons. The maximum atomic E-state index is 12.4. The summed E-state index contributed by atoms with van der Waals surface area (Å²) in [4.78, 5) is 21.1. The van der Waals surface area contributed by atoms with Gasteiger partial charge in [0.2, 0.25) is 0 Å². The van der Waals surface area contributed by atoms with Crippen molar-refractivity contribution < 1.29 is 14.0 Å². The van der Waals surface area contributed by atoms with Gasteiger partial charge in [0, 0.05) is 17.7 Å². The Morgan fingerprint density at radius 1 is 1.38 bits per heavy atom. The van der Waals surface area contributed by atoms with Crippen LogP contribution in [0.25, 0.3) is 0 Å². The molecule has 0 amide bonds. The van der Waals surface area contributed by atoms with E-state index in [9.17, 15) is 4.79 Å². The molecule has 0 atom stereocenters. The highest BCUT2D eigenvalue weighted by Gasteiger charge is 2.52. The summed E-state index contributed by atoms with van der Waals surface area (Å²) >= 11 is 0. The molecule has 0 aromatic rings. The third-order valence-electron chi connectivity index (χ3n) is 5.08. The van der Waals surface area contributed by atoms with Gasteiger partial charge < -0.3 is 9.16 Å². The summed E-state index contributed by atoms with van der Waals surface area (Å²) in [5.41, 5.74) is 0.797. The molecule has 2 rings (SSSR count). The van der Waals surface area contributed by atoms with Crippen molar-refractivity contribution >= 4 is 26.2 Å². The van der Waals surface area contributed by atoms with Crippen molar-refractivity contribution in [3.63, 3.8) is 0 Å². The molecule has 0 unspecified atom stereocenters. The normalized spacial score (nSPS) is 27.2. The molecule has 0 aromatic heterocycles. The first kappa shape index (κ1) is 19.3. The van der Waals surface area contributed by atoms with Crippen molar-refractivity contribution in [1.82, 2.24) is 0 Å². The predicted octanol–water partition coefficient (Wildman–Crippen LogP) is 3.98. The number of carbonyl (C=O) groups is 1. The lowest BCUT2D eigenvalue weighted by atomic mass is 9.62. The lowest BCUT2D eigenvalue weighted by molar-refractivity contribution is -0.159.